The Labute approximate surface area is 197 Å². The predicted molar refractivity (Wildman–Crippen MR) is 122 cm³/mol. The first-order valence-corrected chi connectivity index (χ1v) is 12.3. The van der Waals surface area contributed by atoms with Gasteiger partial charge in [-0.1, -0.05) is 19.1 Å². The van der Waals surface area contributed by atoms with Crippen LogP contribution in [-0.4, -0.2) is 75.5 Å². The predicted octanol–water partition coefficient (Wildman–Crippen LogP) is 0.767. The molecule has 0 radical (unpaired) electrons. The largest absolute Gasteiger partial charge is 0.508 e. The number of ether oxygens (including phenoxy) is 2. The number of hydrogen-bond donors (Lipinski definition) is 6. The molecule has 7 N–H and O–H groups in total. The first kappa shape index (κ1) is 28.0. The third kappa shape index (κ3) is 7.64. The summed E-state index contributed by atoms with van der Waals surface area (Å²) in [4.78, 5) is 22.1. The Bertz CT molecular complexity index is 950. The van der Waals surface area contributed by atoms with Crippen molar-refractivity contribution in [1.82, 2.24) is 0 Å². The second kappa shape index (κ2) is 12.5. The number of esters is 1. The lowest BCUT2D eigenvalue weighted by atomic mass is 9.89. The van der Waals surface area contributed by atoms with Gasteiger partial charge in [0.15, 0.2) is 0 Å². The van der Waals surface area contributed by atoms with Gasteiger partial charge >= 0.3 is 13.6 Å². The molecular formula is C22H32NO10P. The number of carbonyl (C=O) groups is 1. The summed E-state index contributed by atoms with van der Waals surface area (Å²) in [6, 6.07) is 4.19. The van der Waals surface area contributed by atoms with Gasteiger partial charge in [0.1, 0.15) is 24.1 Å². The van der Waals surface area contributed by atoms with Crippen molar-refractivity contribution < 1.29 is 48.7 Å². The number of nitrogens with two attached hydrogens (primary N) is 1. The zero-order chi connectivity index (χ0) is 25.5. The topological polar surface area (TPSA) is 189 Å². The monoisotopic (exact) mass is 501 g/mol. The van der Waals surface area contributed by atoms with E-state index in [1.54, 1.807) is 26.0 Å². The van der Waals surface area contributed by atoms with Gasteiger partial charge in [-0.2, -0.15) is 0 Å². The number of rotatable bonds is 11. The molecule has 0 saturated carbocycles. The fourth-order valence-electron chi connectivity index (χ4n) is 3.12. The maximum absolute atomic E-state index is 12.6. The number of aliphatic hydroxyl groups excluding tert-OH is 3. The van der Waals surface area contributed by atoms with E-state index in [0.717, 1.165) is 0 Å². The van der Waals surface area contributed by atoms with E-state index in [2.05, 4.69) is 0 Å². The summed E-state index contributed by atoms with van der Waals surface area (Å²) in [6.07, 6.45) is -0.185. The Hall–Kier alpha value is -2.24. The minimum Gasteiger partial charge on any atom is -0.508 e. The summed E-state index contributed by atoms with van der Waals surface area (Å²) in [7, 11) is -4.45. The number of aliphatic hydroxyl groups is 3. The number of hydrogen-bond acceptors (Lipinski definition) is 10. The Balaban J connectivity index is 1.82. The average molecular weight is 501 g/mol. The fraction of sp³-hybridized carbons (Fsp3) is 0.500. The summed E-state index contributed by atoms with van der Waals surface area (Å²) in [6.45, 7) is 2.33. The van der Waals surface area contributed by atoms with Gasteiger partial charge in [-0.3, -0.25) is 4.57 Å². The van der Waals surface area contributed by atoms with Crippen LogP contribution in [0.3, 0.4) is 0 Å². The number of aromatic hydroxyl groups is 1. The van der Waals surface area contributed by atoms with Crippen molar-refractivity contribution in [2.45, 2.75) is 44.6 Å². The normalized spacial score (nSPS) is 24.1. The van der Waals surface area contributed by atoms with E-state index in [9.17, 15) is 29.6 Å². The van der Waals surface area contributed by atoms with Crippen LogP contribution in [0.5, 0.6) is 5.75 Å². The highest BCUT2D eigenvalue weighted by molar-refractivity contribution is 7.57. The molecule has 2 rings (SSSR count). The first-order chi connectivity index (χ1) is 16.0. The van der Waals surface area contributed by atoms with Gasteiger partial charge in [0.25, 0.3) is 0 Å². The molecule has 11 nitrogen and oxygen atoms in total. The van der Waals surface area contributed by atoms with Crippen LogP contribution in [0.15, 0.2) is 35.9 Å². The molecule has 34 heavy (non-hydrogen) atoms. The lowest BCUT2D eigenvalue weighted by Crippen LogP contribution is -2.50. The van der Waals surface area contributed by atoms with E-state index < -0.39 is 55.9 Å². The summed E-state index contributed by atoms with van der Waals surface area (Å²) < 4.78 is 28.0. The highest BCUT2D eigenvalue weighted by Gasteiger charge is 2.42. The van der Waals surface area contributed by atoms with Crippen molar-refractivity contribution in [2.75, 3.05) is 19.8 Å². The molecule has 1 unspecified atom stereocenters. The van der Waals surface area contributed by atoms with Gasteiger partial charge in [-0.15, -0.1) is 0 Å². The van der Waals surface area contributed by atoms with Crippen LogP contribution < -0.4 is 5.73 Å². The molecule has 190 valence electrons. The number of benzene rings is 1. The van der Waals surface area contributed by atoms with Gasteiger partial charge in [0, 0.05) is 24.5 Å². The molecule has 0 aliphatic carbocycles. The van der Waals surface area contributed by atoms with Gasteiger partial charge in [-0.25, -0.2) is 4.79 Å². The van der Waals surface area contributed by atoms with E-state index >= 15 is 0 Å². The molecule has 0 bridgehead atoms. The highest BCUT2D eigenvalue weighted by Crippen LogP contribution is 2.53. The lowest BCUT2D eigenvalue weighted by molar-refractivity contribution is -0.137. The molecule has 12 heteroatoms. The van der Waals surface area contributed by atoms with Gasteiger partial charge < -0.3 is 45.1 Å². The van der Waals surface area contributed by atoms with Gasteiger partial charge in [0.05, 0.1) is 19.8 Å². The first-order valence-electron chi connectivity index (χ1n) is 10.7. The van der Waals surface area contributed by atoms with Crippen molar-refractivity contribution in [1.29, 1.82) is 0 Å². The van der Waals surface area contributed by atoms with Crippen LogP contribution in [0.4, 0.5) is 0 Å². The zero-order valence-electron chi connectivity index (χ0n) is 19.0. The van der Waals surface area contributed by atoms with Crippen LogP contribution in [0.25, 0.3) is 6.08 Å². The molecule has 6 atom stereocenters. The SMILES string of the molecule is Cc1ccc(/C=C/C(=O)OCCCOP(=O)(O)C2=C[C@H](N)[C@@H](C)[C@H]([C@H](O)[C@H](O)CO)O2)cc1O. The van der Waals surface area contributed by atoms with E-state index in [-0.39, 0.29) is 25.4 Å². The molecule has 1 aromatic carbocycles. The average Bonchev–Trinajstić information content (AvgIpc) is 2.80. The summed E-state index contributed by atoms with van der Waals surface area (Å²) >= 11 is 0. The number of phenols is 1. The van der Waals surface area contributed by atoms with Crippen LogP contribution in [0.2, 0.25) is 0 Å². The molecule has 0 spiro atoms. The van der Waals surface area contributed by atoms with Crippen molar-refractivity contribution in [3.05, 3.63) is 47.0 Å². The second-order valence-corrected chi connectivity index (χ2v) is 9.76. The van der Waals surface area contributed by atoms with Crippen LogP contribution in [-0.2, 0) is 23.4 Å². The third-order valence-electron chi connectivity index (χ3n) is 5.36. The molecule has 0 saturated heterocycles. The van der Waals surface area contributed by atoms with Crippen LogP contribution in [0.1, 0.15) is 24.5 Å². The zero-order valence-corrected chi connectivity index (χ0v) is 19.9. The van der Waals surface area contributed by atoms with E-state index in [0.29, 0.717) is 11.1 Å². The maximum atomic E-state index is 12.6. The highest BCUT2D eigenvalue weighted by atomic mass is 31.2. The van der Waals surface area contributed by atoms with Crippen LogP contribution >= 0.6 is 7.60 Å². The van der Waals surface area contributed by atoms with Gasteiger partial charge in [-0.05, 0) is 36.3 Å². The number of carbonyl (C=O) groups excluding carboxylic acids is 1. The van der Waals surface area contributed by atoms with Gasteiger partial charge in [0.2, 0.25) is 5.50 Å². The van der Waals surface area contributed by atoms with Crippen molar-refractivity contribution in [3.8, 4) is 5.75 Å². The number of phenolic OH excluding ortho intramolecular Hbond substituents is 1. The second-order valence-electron chi connectivity index (χ2n) is 8.02. The molecule has 1 aliphatic rings. The summed E-state index contributed by atoms with van der Waals surface area (Å²) in [5.41, 5.74) is 6.82. The molecule has 0 amide bonds. The summed E-state index contributed by atoms with van der Waals surface area (Å²) in [5, 5.41) is 38.6. The Morgan fingerprint density at radius 3 is 2.68 bits per heavy atom. The maximum Gasteiger partial charge on any atom is 0.392 e. The van der Waals surface area contributed by atoms with Crippen molar-refractivity contribution in [3.63, 3.8) is 0 Å². The van der Waals surface area contributed by atoms with Crippen LogP contribution in [0, 0.1) is 12.8 Å². The minimum absolute atomic E-state index is 0.0806. The Morgan fingerprint density at radius 2 is 2.03 bits per heavy atom. The van der Waals surface area contributed by atoms with E-state index in [1.807, 2.05) is 0 Å². The minimum atomic E-state index is -4.45. The third-order valence-corrected chi connectivity index (χ3v) is 6.70. The lowest BCUT2D eigenvalue weighted by Gasteiger charge is -2.38. The standard InChI is InChI=1S/C22H32NO10P/c1-13-4-5-15(10-17(13)25)6-7-19(27)31-8-3-9-32-34(29,30)20-11-16(23)14(2)22(33-20)21(28)18(26)12-24/h4-7,10-11,14,16,18,21-22,24-26,28H,3,8-9,12,23H2,1-2H3,(H,29,30)/b7-6+/t14-,16+,18-,21-,22-/m1/s1. The molecule has 1 heterocycles. The van der Waals surface area contributed by atoms with Crippen molar-refractivity contribution in [2.24, 2.45) is 11.7 Å². The quantitative estimate of drug-likeness (QED) is 0.109. The molecular weight excluding hydrogens is 469 g/mol. The Morgan fingerprint density at radius 1 is 1.32 bits per heavy atom. The summed E-state index contributed by atoms with van der Waals surface area (Å²) in [5.74, 6) is -1.04. The number of aryl methyl sites for hydroxylation is 1. The smallest absolute Gasteiger partial charge is 0.392 e. The van der Waals surface area contributed by atoms with Crippen molar-refractivity contribution >= 4 is 19.6 Å². The molecule has 0 aromatic heterocycles. The van der Waals surface area contributed by atoms with E-state index in [1.165, 1.54) is 24.3 Å². The molecule has 1 aromatic rings. The fourth-order valence-corrected chi connectivity index (χ4v) is 4.24. The Kier molecular flexibility index (Phi) is 10.3. The van der Waals surface area contributed by atoms with E-state index in [4.69, 9.17) is 24.8 Å². The molecule has 1 aliphatic heterocycles. The molecule has 0 fully saturated rings.